The molecule has 3 aliphatic carbocycles. The smallest absolute Gasteiger partial charge is 0.250 e. The molecule has 12 heteroatoms. The van der Waals surface area contributed by atoms with Crippen LogP contribution in [0.2, 0.25) is 0 Å². The fraction of sp³-hybridized carbons (Fsp3) is 0.370. The fourth-order valence-electron chi connectivity index (χ4n) is 6.19. The van der Waals surface area contributed by atoms with E-state index in [4.69, 9.17) is 10.5 Å². The van der Waals surface area contributed by atoms with Crippen LogP contribution in [0.3, 0.4) is 0 Å². The standard InChI is InChI=1S/C27H25N3O9/c1-39-10-19(33)30-13-4-5-29-16(9-13)14-2-3-17(31)21-15(14)7-11-6-12-8-18(32)22(26(28)37)25(36)27(12,38)24(35)20(11)23(21)34/h2-5,9,11-12,20,22,31,38H,6-8,10H2,1H3,(H2,28,37)(H,29,30,33)/t11-,12+,20?,22?,27+/m1/s1. The molecule has 5 rings (SSSR count). The number of aromatic nitrogens is 1. The first-order valence-corrected chi connectivity index (χ1v) is 12.3. The van der Waals surface area contributed by atoms with E-state index in [-0.39, 0.29) is 36.7 Å². The minimum absolute atomic E-state index is 0.0172. The molecule has 0 bridgehead atoms. The molecule has 0 radical (unpaired) electrons. The zero-order valence-electron chi connectivity index (χ0n) is 20.8. The molecule has 12 nitrogen and oxygen atoms in total. The Kier molecular flexibility index (Phi) is 6.39. The van der Waals surface area contributed by atoms with Crippen molar-refractivity contribution in [3.05, 3.63) is 41.6 Å². The number of Topliss-reactive ketones (excluding diaryl/α,β-unsaturated/α-hetero) is 4. The van der Waals surface area contributed by atoms with E-state index in [1.807, 2.05) is 0 Å². The topological polar surface area (TPSA) is 203 Å². The van der Waals surface area contributed by atoms with Crippen molar-refractivity contribution in [2.45, 2.75) is 24.9 Å². The number of ether oxygens (including phenoxy) is 1. The average Bonchev–Trinajstić information content (AvgIpc) is 2.86. The molecule has 0 spiro atoms. The Morgan fingerprint density at radius 2 is 1.90 bits per heavy atom. The molecule has 1 aromatic carbocycles. The molecular weight excluding hydrogens is 510 g/mol. The third kappa shape index (κ3) is 4.03. The first kappa shape index (κ1) is 26.3. The number of anilines is 1. The monoisotopic (exact) mass is 535 g/mol. The number of pyridine rings is 1. The number of carbonyl (C=O) groups is 6. The van der Waals surface area contributed by atoms with Crippen LogP contribution in [0.25, 0.3) is 11.3 Å². The van der Waals surface area contributed by atoms with Gasteiger partial charge in [0, 0.05) is 36.9 Å². The Morgan fingerprint density at radius 1 is 1.15 bits per heavy atom. The number of rotatable bonds is 5. The third-order valence-corrected chi connectivity index (χ3v) is 7.88. The maximum absolute atomic E-state index is 13.7. The highest BCUT2D eigenvalue weighted by Gasteiger charge is 2.66. The number of carbonyl (C=O) groups excluding carboxylic acids is 6. The molecular formula is C27H25N3O9. The molecule has 1 heterocycles. The number of ketones is 4. The molecule has 0 aliphatic heterocycles. The number of aliphatic hydroxyl groups is 1. The maximum Gasteiger partial charge on any atom is 0.250 e. The number of phenols is 1. The number of hydrogen-bond donors (Lipinski definition) is 4. The van der Waals surface area contributed by atoms with Crippen LogP contribution in [0, 0.1) is 23.7 Å². The lowest BCUT2D eigenvalue weighted by Crippen LogP contribution is -2.68. The number of amides is 2. The van der Waals surface area contributed by atoms with Crippen LogP contribution in [-0.2, 0) is 35.1 Å². The molecule has 2 fully saturated rings. The van der Waals surface area contributed by atoms with Crippen LogP contribution in [0.15, 0.2) is 30.5 Å². The van der Waals surface area contributed by atoms with Crippen LogP contribution in [0.5, 0.6) is 5.75 Å². The summed E-state index contributed by atoms with van der Waals surface area (Å²) in [6, 6.07) is 6.01. The van der Waals surface area contributed by atoms with Crippen molar-refractivity contribution < 1.29 is 43.7 Å². The van der Waals surface area contributed by atoms with Gasteiger partial charge in [0.1, 0.15) is 12.4 Å². The van der Waals surface area contributed by atoms with Crippen molar-refractivity contribution in [2.24, 2.45) is 29.4 Å². The SMILES string of the molecule is COCC(=O)Nc1ccnc(-c2ccc(O)c3c2C[C@H]2C[C@H]4CC(=O)C(C(N)=O)C(=O)[C@@]4(O)C(=O)C2C3=O)c1. The summed E-state index contributed by atoms with van der Waals surface area (Å²) >= 11 is 0. The first-order valence-electron chi connectivity index (χ1n) is 12.3. The molecule has 1 aromatic heterocycles. The second kappa shape index (κ2) is 9.47. The molecule has 2 aromatic rings. The lowest BCUT2D eigenvalue weighted by atomic mass is 9.53. The van der Waals surface area contributed by atoms with Crippen molar-refractivity contribution in [1.29, 1.82) is 0 Å². The third-order valence-electron chi connectivity index (χ3n) is 7.88. The van der Waals surface area contributed by atoms with Gasteiger partial charge in [-0.1, -0.05) is 0 Å². The summed E-state index contributed by atoms with van der Waals surface area (Å²) in [6.45, 7) is -0.156. The van der Waals surface area contributed by atoms with Crippen LogP contribution in [-0.4, -0.2) is 69.5 Å². The van der Waals surface area contributed by atoms with Gasteiger partial charge in [-0.15, -0.1) is 0 Å². The number of primary amides is 1. The number of benzene rings is 1. The highest BCUT2D eigenvalue weighted by atomic mass is 16.5. The van der Waals surface area contributed by atoms with E-state index in [0.717, 1.165) is 0 Å². The van der Waals surface area contributed by atoms with Gasteiger partial charge < -0.3 is 26.0 Å². The quantitative estimate of drug-likeness (QED) is 0.377. The molecule has 39 heavy (non-hydrogen) atoms. The van der Waals surface area contributed by atoms with Crippen LogP contribution < -0.4 is 11.1 Å². The maximum atomic E-state index is 13.7. The van der Waals surface area contributed by atoms with Gasteiger partial charge in [0.25, 0.3) is 0 Å². The van der Waals surface area contributed by atoms with Gasteiger partial charge in [0.15, 0.2) is 34.7 Å². The van der Waals surface area contributed by atoms with Gasteiger partial charge in [0.05, 0.1) is 17.2 Å². The van der Waals surface area contributed by atoms with Gasteiger partial charge >= 0.3 is 0 Å². The molecule has 2 saturated carbocycles. The number of hydrogen-bond acceptors (Lipinski definition) is 10. The van der Waals surface area contributed by atoms with E-state index in [1.54, 1.807) is 18.2 Å². The molecule has 5 atom stereocenters. The van der Waals surface area contributed by atoms with Crippen LogP contribution >= 0.6 is 0 Å². The number of methoxy groups -OCH3 is 1. The zero-order valence-corrected chi connectivity index (χ0v) is 20.8. The average molecular weight is 536 g/mol. The van der Waals surface area contributed by atoms with Crippen molar-refractivity contribution in [2.75, 3.05) is 19.0 Å². The molecule has 2 amide bonds. The molecule has 2 unspecified atom stereocenters. The summed E-state index contributed by atoms with van der Waals surface area (Å²) in [5.74, 6) is -11.2. The van der Waals surface area contributed by atoms with E-state index >= 15 is 0 Å². The number of fused-ring (bicyclic) bond motifs is 3. The minimum Gasteiger partial charge on any atom is -0.507 e. The molecule has 3 aliphatic rings. The van der Waals surface area contributed by atoms with Crippen molar-refractivity contribution in [1.82, 2.24) is 4.98 Å². The predicted octanol–water partition coefficient (Wildman–Crippen LogP) is -0.0262. The molecule has 202 valence electrons. The van der Waals surface area contributed by atoms with Gasteiger partial charge in [-0.05, 0) is 48.6 Å². The van der Waals surface area contributed by atoms with Gasteiger partial charge in [-0.25, -0.2) is 0 Å². The van der Waals surface area contributed by atoms with E-state index in [2.05, 4.69) is 10.3 Å². The lowest BCUT2D eigenvalue weighted by molar-refractivity contribution is -0.175. The normalized spacial score (nSPS) is 27.8. The number of nitrogens with two attached hydrogens (primary N) is 1. The fourth-order valence-corrected chi connectivity index (χ4v) is 6.19. The van der Waals surface area contributed by atoms with E-state index in [0.29, 0.717) is 22.5 Å². The summed E-state index contributed by atoms with van der Waals surface area (Å²) in [5.41, 5.74) is 4.07. The van der Waals surface area contributed by atoms with Crippen LogP contribution in [0.4, 0.5) is 5.69 Å². The Bertz CT molecular complexity index is 1470. The van der Waals surface area contributed by atoms with Gasteiger partial charge in [-0.3, -0.25) is 33.8 Å². The van der Waals surface area contributed by atoms with Gasteiger partial charge in [0.2, 0.25) is 11.8 Å². The largest absolute Gasteiger partial charge is 0.507 e. The van der Waals surface area contributed by atoms with Gasteiger partial charge in [-0.2, -0.15) is 0 Å². The highest BCUT2D eigenvalue weighted by Crippen LogP contribution is 2.51. The van der Waals surface area contributed by atoms with E-state index < -0.39 is 64.7 Å². The molecule has 0 saturated heterocycles. The summed E-state index contributed by atoms with van der Waals surface area (Å²) in [5, 5.41) is 24.6. The summed E-state index contributed by atoms with van der Waals surface area (Å²) in [6.07, 6.45) is 1.14. The highest BCUT2D eigenvalue weighted by molar-refractivity contribution is 6.31. The summed E-state index contributed by atoms with van der Waals surface area (Å²) in [4.78, 5) is 80.9. The lowest BCUT2D eigenvalue weighted by Gasteiger charge is -2.48. The van der Waals surface area contributed by atoms with Crippen molar-refractivity contribution in [3.63, 3.8) is 0 Å². The van der Waals surface area contributed by atoms with E-state index in [9.17, 15) is 39.0 Å². The Balaban J connectivity index is 1.55. The molecule has 5 N–H and O–H groups in total. The number of phenolic OH excluding ortho intramolecular Hbond substituents is 1. The zero-order chi connectivity index (χ0) is 28.2. The minimum atomic E-state index is -2.70. The van der Waals surface area contributed by atoms with E-state index in [1.165, 1.54) is 19.4 Å². The second-order valence-electron chi connectivity index (χ2n) is 10.1. The predicted molar refractivity (Wildman–Crippen MR) is 132 cm³/mol. The summed E-state index contributed by atoms with van der Waals surface area (Å²) in [7, 11) is 1.39. The Labute approximate surface area is 221 Å². The second-order valence-corrected chi connectivity index (χ2v) is 10.1. The summed E-state index contributed by atoms with van der Waals surface area (Å²) < 4.78 is 4.82. The van der Waals surface area contributed by atoms with Crippen molar-refractivity contribution >= 4 is 40.6 Å². The Morgan fingerprint density at radius 3 is 2.59 bits per heavy atom. The van der Waals surface area contributed by atoms with Crippen LogP contribution in [0.1, 0.15) is 28.8 Å². The Hall–Kier alpha value is -4.29. The first-order chi connectivity index (χ1) is 18.5. The van der Waals surface area contributed by atoms with Crippen molar-refractivity contribution in [3.8, 4) is 17.0 Å². The number of nitrogens with one attached hydrogen (secondary N) is 1. The number of aromatic hydroxyl groups is 1. The number of nitrogens with zero attached hydrogens (tertiary/aromatic N) is 1.